The predicted octanol–water partition coefficient (Wildman–Crippen LogP) is 1.99. The minimum atomic E-state index is 0.314. The number of piperidine rings is 1. The van der Waals surface area contributed by atoms with Crippen molar-refractivity contribution in [3.05, 3.63) is 34.1 Å². The number of ether oxygens (including phenoxy) is 1. The Morgan fingerprint density at radius 3 is 3.11 bits per heavy atom. The van der Waals surface area contributed by atoms with Gasteiger partial charge in [-0.25, -0.2) is 0 Å². The third-order valence-electron chi connectivity index (χ3n) is 3.15. The van der Waals surface area contributed by atoms with E-state index in [-0.39, 0.29) is 0 Å². The maximum atomic E-state index is 5.78. The van der Waals surface area contributed by atoms with E-state index in [1.165, 1.54) is 4.88 Å². The smallest absolute Gasteiger partial charge is 0.252 e. The Balaban J connectivity index is 1.50. The van der Waals surface area contributed by atoms with Gasteiger partial charge in [0.15, 0.2) is 5.82 Å². The molecule has 1 aliphatic heterocycles. The van der Waals surface area contributed by atoms with E-state index in [2.05, 4.69) is 26.9 Å². The number of hydrogen-bond donors (Lipinski definition) is 1. The zero-order valence-corrected chi connectivity index (χ0v) is 11.5. The molecule has 19 heavy (non-hydrogen) atoms. The first kappa shape index (κ1) is 12.8. The highest BCUT2D eigenvalue weighted by atomic mass is 32.1. The number of nitrogens with zero attached hydrogens (tertiary/aromatic N) is 2. The van der Waals surface area contributed by atoms with E-state index in [0.717, 1.165) is 38.2 Å². The molecule has 6 heteroatoms. The first-order valence-electron chi connectivity index (χ1n) is 6.56. The fourth-order valence-electron chi connectivity index (χ4n) is 2.14. The maximum absolute atomic E-state index is 5.78. The molecule has 0 atom stereocenters. The number of rotatable bonds is 5. The van der Waals surface area contributed by atoms with Crippen LogP contribution in [0.25, 0.3) is 0 Å². The lowest BCUT2D eigenvalue weighted by Crippen LogP contribution is -2.32. The molecule has 3 heterocycles. The van der Waals surface area contributed by atoms with Gasteiger partial charge in [0.2, 0.25) is 0 Å². The normalized spacial score (nSPS) is 16.8. The first-order valence-corrected chi connectivity index (χ1v) is 7.44. The summed E-state index contributed by atoms with van der Waals surface area (Å²) in [6.07, 6.45) is 3.15. The Morgan fingerprint density at radius 1 is 1.42 bits per heavy atom. The van der Waals surface area contributed by atoms with Crippen molar-refractivity contribution in [3.63, 3.8) is 0 Å². The summed E-state index contributed by atoms with van der Waals surface area (Å²) in [5.41, 5.74) is 0. The van der Waals surface area contributed by atoms with Crippen LogP contribution in [0, 0.1) is 0 Å². The molecule has 1 aliphatic rings. The van der Waals surface area contributed by atoms with Crippen molar-refractivity contribution in [1.82, 2.24) is 15.5 Å². The zero-order chi connectivity index (χ0) is 12.9. The molecule has 0 spiro atoms. The van der Waals surface area contributed by atoms with E-state index in [9.17, 15) is 0 Å². The monoisotopic (exact) mass is 279 g/mol. The minimum absolute atomic E-state index is 0.314. The van der Waals surface area contributed by atoms with Gasteiger partial charge in [-0.1, -0.05) is 11.2 Å². The number of thiophene rings is 1. The van der Waals surface area contributed by atoms with E-state index in [1.807, 2.05) is 6.07 Å². The minimum Gasteiger partial charge on any atom is -0.368 e. The molecule has 3 rings (SSSR count). The van der Waals surface area contributed by atoms with Crippen molar-refractivity contribution in [2.75, 3.05) is 13.1 Å². The lowest BCUT2D eigenvalue weighted by Gasteiger charge is -2.21. The molecular formula is C13H17N3O2S. The quantitative estimate of drug-likeness (QED) is 0.907. The third kappa shape index (κ3) is 3.62. The number of aromatic nitrogens is 2. The lowest BCUT2D eigenvalue weighted by atomic mass is 10.1. The molecule has 0 radical (unpaired) electrons. The average Bonchev–Trinajstić information content (AvgIpc) is 3.10. The highest BCUT2D eigenvalue weighted by Gasteiger charge is 2.15. The highest BCUT2D eigenvalue weighted by molar-refractivity contribution is 7.09. The molecule has 2 aromatic heterocycles. The molecule has 1 fully saturated rings. The van der Waals surface area contributed by atoms with Crippen molar-refractivity contribution >= 4 is 11.3 Å². The second kappa shape index (κ2) is 6.27. The lowest BCUT2D eigenvalue weighted by molar-refractivity contribution is 0.00859. The molecular weight excluding hydrogens is 262 g/mol. The van der Waals surface area contributed by atoms with Gasteiger partial charge in [0.25, 0.3) is 5.89 Å². The van der Waals surface area contributed by atoms with Crippen LogP contribution in [0.5, 0.6) is 0 Å². The largest absolute Gasteiger partial charge is 0.368 e. The second-order valence-corrected chi connectivity index (χ2v) is 5.65. The number of nitrogens with one attached hydrogen (secondary N) is 1. The van der Waals surface area contributed by atoms with Crippen LogP contribution >= 0.6 is 11.3 Å². The number of hydrogen-bond acceptors (Lipinski definition) is 6. The molecule has 0 aliphatic carbocycles. The molecule has 0 bridgehead atoms. The van der Waals surface area contributed by atoms with E-state index < -0.39 is 0 Å². The highest BCUT2D eigenvalue weighted by Crippen LogP contribution is 2.14. The van der Waals surface area contributed by atoms with Crippen molar-refractivity contribution < 1.29 is 9.26 Å². The van der Waals surface area contributed by atoms with Gasteiger partial charge >= 0.3 is 0 Å². The Bertz CT molecular complexity index is 492. The van der Waals surface area contributed by atoms with E-state index in [1.54, 1.807) is 11.3 Å². The van der Waals surface area contributed by atoms with Gasteiger partial charge in [0.1, 0.15) is 6.61 Å². The summed E-state index contributed by atoms with van der Waals surface area (Å²) in [7, 11) is 0. The summed E-state index contributed by atoms with van der Waals surface area (Å²) in [5, 5.41) is 9.35. The van der Waals surface area contributed by atoms with Crippen molar-refractivity contribution in [2.24, 2.45) is 0 Å². The Labute approximate surface area is 116 Å². The van der Waals surface area contributed by atoms with Gasteiger partial charge in [-0.3, -0.25) is 0 Å². The van der Waals surface area contributed by atoms with E-state index >= 15 is 0 Å². The summed E-state index contributed by atoms with van der Waals surface area (Å²) in [4.78, 5) is 5.60. The van der Waals surface area contributed by atoms with Gasteiger partial charge in [-0.05, 0) is 37.4 Å². The van der Waals surface area contributed by atoms with Crippen LogP contribution in [0.2, 0.25) is 0 Å². The van der Waals surface area contributed by atoms with Crippen LogP contribution < -0.4 is 5.32 Å². The molecule has 102 valence electrons. The molecule has 0 unspecified atom stereocenters. The first-order chi connectivity index (χ1) is 9.40. The summed E-state index contributed by atoms with van der Waals surface area (Å²) in [6.45, 7) is 2.47. The third-order valence-corrected chi connectivity index (χ3v) is 4.03. The molecule has 0 aromatic carbocycles. The molecule has 2 aromatic rings. The Kier molecular flexibility index (Phi) is 4.22. The summed E-state index contributed by atoms with van der Waals surface area (Å²) < 4.78 is 11.0. The molecule has 5 nitrogen and oxygen atoms in total. The van der Waals surface area contributed by atoms with Crippen LogP contribution in [0.15, 0.2) is 22.0 Å². The van der Waals surface area contributed by atoms with Gasteiger partial charge < -0.3 is 14.6 Å². The van der Waals surface area contributed by atoms with Crippen LogP contribution in [0.3, 0.4) is 0 Å². The van der Waals surface area contributed by atoms with Gasteiger partial charge in [0.05, 0.1) is 6.10 Å². The summed E-state index contributed by atoms with van der Waals surface area (Å²) >= 11 is 1.70. The SMILES string of the molecule is c1csc(Cc2noc(COC3CCNCC3)n2)c1. The zero-order valence-electron chi connectivity index (χ0n) is 10.7. The van der Waals surface area contributed by atoms with Crippen LogP contribution in [-0.4, -0.2) is 29.3 Å². The van der Waals surface area contributed by atoms with Gasteiger partial charge in [0, 0.05) is 11.3 Å². The van der Waals surface area contributed by atoms with Crippen molar-refractivity contribution in [1.29, 1.82) is 0 Å². The van der Waals surface area contributed by atoms with Crippen LogP contribution in [0.4, 0.5) is 0 Å². The van der Waals surface area contributed by atoms with E-state index in [4.69, 9.17) is 9.26 Å². The van der Waals surface area contributed by atoms with Gasteiger partial charge in [-0.2, -0.15) is 4.98 Å². The average molecular weight is 279 g/mol. The van der Waals surface area contributed by atoms with Crippen LogP contribution in [-0.2, 0) is 17.8 Å². The maximum Gasteiger partial charge on any atom is 0.252 e. The molecule has 0 saturated carbocycles. The molecule has 0 amide bonds. The Hall–Kier alpha value is -1.24. The topological polar surface area (TPSA) is 60.2 Å². The summed E-state index contributed by atoms with van der Waals surface area (Å²) in [6, 6.07) is 4.10. The standard InChI is InChI=1S/C13H17N3O2S/c1-2-11(19-7-1)8-12-15-13(18-16-12)9-17-10-3-5-14-6-4-10/h1-2,7,10,14H,3-6,8-9H2. The van der Waals surface area contributed by atoms with Crippen molar-refractivity contribution in [3.8, 4) is 0 Å². The fraction of sp³-hybridized carbons (Fsp3) is 0.538. The molecule has 1 saturated heterocycles. The van der Waals surface area contributed by atoms with Gasteiger partial charge in [-0.15, -0.1) is 11.3 Å². The molecule has 1 N–H and O–H groups in total. The summed E-state index contributed by atoms with van der Waals surface area (Å²) in [5.74, 6) is 1.30. The van der Waals surface area contributed by atoms with Crippen molar-refractivity contribution in [2.45, 2.75) is 32.0 Å². The van der Waals surface area contributed by atoms with E-state index in [0.29, 0.717) is 18.6 Å². The Morgan fingerprint density at radius 2 is 2.32 bits per heavy atom. The second-order valence-electron chi connectivity index (χ2n) is 4.62. The fourth-order valence-corrected chi connectivity index (χ4v) is 2.84. The predicted molar refractivity (Wildman–Crippen MR) is 72.1 cm³/mol. The van der Waals surface area contributed by atoms with Crippen LogP contribution in [0.1, 0.15) is 29.4 Å².